The molecule has 0 unspecified atom stereocenters. The fourth-order valence-corrected chi connectivity index (χ4v) is 1.73. The molecule has 2 rings (SSSR count). The first-order valence-electron chi connectivity index (χ1n) is 4.36. The number of rotatable bonds is 2. The van der Waals surface area contributed by atoms with Crippen LogP contribution in [-0.4, -0.2) is 22.5 Å². The minimum atomic E-state index is -0.367. The van der Waals surface area contributed by atoms with E-state index in [4.69, 9.17) is 4.74 Å². The minimum absolute atomic E-state index is 0.367. The first-order chi connectivity index (χ1) is 7.26. The number of aromatic nitrogens is 2. The van der Waals surface area contributed by atoms with Crippen LogP contribution in [0.3, 0.4) is 0 Å². The highest BCUT2D eigenvalue weighted by molar-refractivity contribution is 9.08. The molecular weight excluding hydrogens is 260 g/mol. The van der Waals surface area contributed by atoms with Crippen LogP contribution >= 0.6 is 15.9 Å². The molecule has 0 saturated heterocycles. The zero-order valence-corrected chi connectivity index (χ0v) is 9.69. The van der Waals surface area contributed by atoms with Crippen LogP contribution in [0.1, 0.15) is 15.9 Å². The Hall–Kier alpha value is -1.36. The molecule has 0 radical (unpaired) electrons. The Morgan fingerprint density at radius 3 is 3.13 bits per heavy atom. The summed E-state index contributed by atoms with van der Waals surface area (Å²) in [6, 6.07) is 1.78. The van der Waals surface area contributed by atoms with Crippen LogP contribution in [0.5, 0.6) is 0 Å². The Morgan fingerprint density at radius 1 is 1.67 bits per heavy atom. The van der Waals surface area contributed by atoms with Crippen LogP contribution in [-0.2, 0) is 10.1 Å². The Morgan fingerprint density at radius 2 is 2.47 bits per heavy atom. The quantitative estimate of drug-likeness (QED) is 0.618. The molecule has 0 aromatic carbocycles. The first kappa shape index (κ1) is 10.2. The van der Waals surface area contributed by atoms with Crippen molar-refractivity contribution in [1.29, 1.82) is 0 Å². The lowest BCUT2D eigenvalue weighted by Crippen LogP contribution is -2.05. The van der Waals surface area contributed by atoms with Crippen LogP contribution in [0.15, 0.2) is 24.7 Å². The molecule has 2 aromatic heterocycles. The third-order valence-corrected chi connectivity index (χ3v) is 2.75. The first-order valence-corrected chi connectivity index (χ1v) is 5.48. The molecule has 78 valence electrons. The fourth-order valence-electron chi connectivity index (χ4n) is 1.42. The third kappa shape index (κ3) is 1.74. The largest absolute Gasteiger partial charge is 0.465 e. The lowest BCUT2D eigenvalue weighted by atomic mass is 10.2. The molecule has 0 aliphatic carbocycles. The molecule has 0 N–H and O–H groups in total. The van der Waals surface area contributed by atoms with Gasteiger partial charge in [-0.15, -0.1) is 0 Å². The van der Waals surface area contributed by atoms with Crippen molar-refractivity contribution in [2.24, 2.45) is 0 Å². The lowest BCUT2D eigenvalue weighted by molar-refractivity contribution is 0.0602. The molecule has 2 heterocycles. The van der Waals surface area contributed by atoms with Gasteiger partial charge in [-0.1, -0.05) is 15.9 Å². The number of halogens is 1. The highest BCUT2D eigenvalue weighted by Crippen LogP contribution is 2.15. The number of imidazole rings is 1. The molecule has 0 amide bonds. The van der Waals surface area contributed by atoms with Crippen molar-refractivity contribution in [3.63, 3.8) is 0 Å². The zero-order valence-electron chi connectivity index (χ0n) is 8.11. The van der Waals surface area contributed by atoms with Gasteiger partial charge in [-0.3, -0.25) is 0 Å². The number of methoxy groups -OCH3 is 1. The van der Waals surface area contributed by atoms with E-state index >= 15 is 0 Å². The average molecular weight is 269 g/mol. The number of carbonyl (C=O) groups excluding carboxylic acids is 1. The number of hydrogen-bond acceptors (Lipinski definition) is 3. The topological polar surface area (TPSA) is 43.6 Å². The van der Waals surface area contributed by atoms with Crippen LogP contribution < -0.4 is 0 Å². The number of pyridine rings is 1. The van der Waals surface area contributed by atoms with E-state index in [1.807, 2.05) is 10.6 Å². The van der Waals surface area contributed by atoms with Crippen molar-refractivity contribution in [3.8, 4) is 0 Å². The Kier molecular flexibility index (Phi) is 2.73. The molecule has 0 fully saturated rings. The standard InChI is InChI=1S/C10H9BrN2O2/c1-15-10(14)8-4-7(5-11)6-13-3-2-12-9(8)13/h2-4,6H,5H2,1H3. The number of nitrogens with zero attached hydrogens (tertiary/aromatic N) is 2. The van der Waals surface area contributed by atoms with Gasteiger partial charge in [0.05, 0.1) is 7.11 Å². The summed E-state index contributed by atoms with van der Waals surface area (Å²) in [6.45, 7) is 0. The molecule has 0 spiro atoms. The van der Waals surface area contributed by atoms with E-state index in [0.29, 0.717) is 16.5 Å². The molecule has 0 aliphatic heterocycles. The number of alkyl halides is 1. The summed E-state index contributed by atoms with van der Waals surface area (Å²) in [6.07, 6.45) is 5.37. The number of fused-ring (bicyclic) bond motifs is 1. The van der Waals surface area contributed by atoms with Gasteiger partial charge < -0.3 is 9.14 Å². The summed E-state index contributed by atoms with van der Waals surface area (Å²) in [5, 5.41) is 0.686. The summed E-state index contributed by atoms with van der Waals surface area (Å²) in [5.41, 5.74) is 2.10. The summed E-state index contributed by atoms with van der Waals surface area (Å²) in [5.74, 6) is -0.367. The van der Waals surface area contributed by atoms with Gasteiger partial charge in [0.15, 0.2) is 5.65 Å². The second-order valence-electron chi connectivity index (χ2n) is 3.05. The number of hydrogen-bond donors (Lipinski definition) is 0. The van der Waals surface area contributed by atoms with Crippen LogP contribution in [0.4, 0.5) is 0 Å². The average Bonchev–Trinajstić information content (AvgIpc) is 2.74. The smallest absolute Gasteiger partial charge is 0.341 e. The van der Waals surface area contributed by atoms with Gasteiger partial charge in [-0.2, -0.15) is 0 Å². The van der Waals surface area contributed by atoms with Crippen molar-refractivity contribution in [3.05, 3.63) is 35.8 Å². The van der Waals surface area contributed by atoms with Crippen LogP contribution in [0.25, 0.3) is 5.65 Å². The number of carbonyl (C=O) groups is 1. The van der Waals surface area contributed by atoms with Gasteiger partial charge in [0.1, 0.15) is 5.56 Å². The summed E-state index contributed by atoms with van der Waals surface area (Å²) in [7, 11) is 1.36. The maximum atomic E-state index is 11.5. The Labute approximate surface area is 95.0 Å². The molecular formula is C10H9BrN2O2. The highest BCUT2D eigenvalue weighted by atomic mass is 79.9. The van der Waals surface area contributed by atoms with Crippen LogP contribution in [0, 0.1) is 0 Å². The zero-order chi connectivity index (χ0) is 10.8. The maximum absolute atomic E-state index is 11.5. The highest BCUT2D eigenvalue weighted by Gasteiger charge is 2.13. The molecule has 5 heteroatoms. The molecule has 0 bridgehead atoms. The van der Waals surface area contributed by atoms with Gasteiger partial charge in [-0.25, -0.2) is 9.78 Å². The Bertz CT molecular complexity index is 507. The van der Waals surface area contributed by atoms with E-state index in [0.717, 1.165) is 5.56 Å². The van der Waals surface area contributed by atoms with Gasteiger partial charge in [-0.05, 0) is 11.6 Å². The number of esters is 1. The molecule has 0 saturated carbocycles. The molecule has 2 aromatic rings. The second-order valence-corrected chi connectivity index (χ2v) is 3.61. The van der Waals surface area contributed by atoms with E-state index in [-0.39, 0.29) is 5.97 Å². The van der Waals surface area contributed by atoms with E-state index in [9.17, 15) is 4.79 Å². The second kappa shape index (κ2) is 4.02. The van der Waals surface area contributed by atoms with Gasteiger partial charge in [0.25, 0.3) is 0 Å². The fraction of sp³-hybridized carbons (Fsp3) is 0.200. The minimum Gasteiger partial charge on any atom is -0.465 e. The van der Waals surface area contributed by atoms with Gasteiger partial charge >= 0.3 is 5.97 Å². The predicted molar refractivity (Wildman–Crippen MR) is 59.2 cm³/mol. The summed E-state index contributed by atoms with van der Waals surface area (Å²) >= 11 is 3.35. The predicted octanol–water partition coefficient (Wildman–Crippen LogP) is 2.02. The summed E-state index contributed by atoms with van der Waals surface area (Å²) < 4.78 is 6.51. The monoisotopic (exact) mass is 268 g/mol. The van der Waals surface area contributed by atoms with E-state index in [1.165, 1.54) is 7.11 Å². The molecule has 15 heavy (non-hydrogen) atoms. The molecule has 4 nitrogen and oxygen atoms in total. The van der Waals surface area contributed by atoms with Gasteiger partial charge in [0.2, 0.25) is 0 Å². The molecule has 0 aliphatic rings. The third-order valence-electron chi connectivity index (χ3n) is 2.10. The van der Waals surface area contributed by atoms with E-state index in [2.05, 4.69) is 20.9 Å². The van der Waals surface area contributed by atoms with Gasteiger partial charge in [0, 0.05) is 23.9 Å². The van der Waals surface area contributed by atoms with Crippen molar-refractivity contribution in [1.82, 2.24) is 9.38 Å². The van der Waals surface area contributed by atoms with Crippen molar-refractivity contribution in [2.45, 2.75) is 5.33 Å². The Balaban J connectivity index is 2.68. The van der Waals surface area contributed by atoms with Crippen molar-refractivity contribution >= 4 is 27.5 Å². The van der Waals surface area contributed by atoms with E-state index in [1.54, 1.807) is 18.5 Å². The summed E-state index contributed by atoms with van der Waals surface area (Å²) in [4.78, 5) is 15.6. The SMILES string of the molecule is COC(=O)c1cc(CBr)cn2ccnc12. The number of ether oxygens (including phenoxy) is 1. The lowest BCUT2D eigenvalue weighted by Gasteiger charge is -2.04. The van der Waals surface area contributed by atoms with Crippen molar-refractivity contribution in [2.75, 3.05) is 7.11 Å². The molecule has 0 atom stereocenters. The normalized spacial score (nSPS) is 10.5. The van der Waals surface area contributed by atoms with E-state index < -0.39 is 0 Å². The van der Waals surface area contributed by atoms with Crippen molar-refractivity contribution < 1.29 is 9.53 Å². The maximum Gasteiger partial charge on any atom is 0.341 e. The van der Waals surface area contributed by atoms with Crippen LogP contribution in [0.2, 0.25) is 0 Å².